The van der Waals surface area contributed by atoms with Gasteiger partial charge in [0, 0.05) is 19.6 Å². The van der Waals surface area contributed by atoms with Gasteiger partial charge in [-0.15, -0.1) is 0 Å². The van der Waals surface area contributed by atoms with Crippen LogP contribution in [0.1, 0.15) is 43.0 Å². The molecule has 0 saturated heterocycles. The predicted molar refractivity (Wildman–Crippen MR) is 119 cm³/mol. The van der Waals surface area contributed by atoms with Crippen LogP contribution in [0.15, 0.2) is 36.4 Å². The van der Waals surface area contributed by atoms with Gasteiger partial charge in [0.1, 0.15) is 18.0 Å². The van der Waals surface area contributed by atoms with E-state index in [1.807, 2.05) is 25.7 Å². The fraction of sp³-hybridized carbons (Fsp3) is 0.480. The average molecular weight is 409 g/mol. The van der Waals surface area contributed by atoms with Gasteiger partial charge in [0.05, 0.1) is 12.2 Å². The number of carbonyl (C=O) groups is 1. The molecule has 2 aliphatic rings. The number of rotatable bonds is 2. The molecule has 0 aromatic heterocycles. The summed E-state index contributed by atoms with van der Waals surface area (Å²) in [5, 5.41) is 0. The van der Waals surface area contributed by atoms with Gasteiger partial charge in [-0.05, 0) is 74.9 Å². The lowest BCUT2D eigenvalue weighted by Crippen LogP contribution is -2.38. The first-order valence-electron chi connectivity index (χ1n) is 10.9. The summed E-state index contributed by atoms with van der Waals surface area (Å²) >= 11 is 0. The first-order chi connectivity index (χ1) is 14.3. The Morgan fingerprint density at radius 1 is 1.07 bits per heavy atom. The van der Waals surface area contributed by atoms with Crippen LogP contribution in [0.25, 0.3) is 0 Å². The second kappa shape index (κ2) is 8.21. The van der Waals surface area contributed by atoms with E-state index in [1.165, 1.54) is 22.3 Å². The summed E-state index contributed by atoms with van der Waals surface area (Å²) in [6.45, 7) is 11.7. The van der Waals surface area contributed by atoms with E-state index >= 15 is 0 Å². The standard InChI is InChI=1S/C25H32N2O3/c1-18-7-5-6-8-21(18)17-27-13-14-29-23-16-20-10-12-26(24(28)30-25(2,3)4)11-9-19(20)15-22(23)27/h5-8,15-16H,9-14,17H2,1-4H3. The van der Waals surface area contributed by atoms with Crippen LogP contribution in [0.2, 0.25) is 0 Å². The fourth-order valence-corrected chi connectivity index (χ4v) is 4.16. The molecule has 0 fully saturated rings. The number of hydrogen-bond donors (Lipinski definition) is 0. The second-order valence-corrected chi connectivity index (χ2v) is 9.25. The van der Waals surface area contributed by atoms with E-state index in [4.69, 9.17) is 9.47 Å². The molecule has 0 aliphatic carbocycles. The number of ether oxygens (including phenoxy) is 2. The minimum atomic E-state index is -0.473. The third-order valence-corrected chi connectivity index (χ3v) is 5.82. The highest BCUT2D eigenvalue weighted by Gasteiger charge is 2.26. The van der Waals surface area contributed by atoms with Crippen LogP contribution in [0, 0.1) is 6.92 Å². The number of amides is 1. The van der Waals surface area contributed by atoms with Gasteiger partial charge in [0.25, 0.3) is 0 Å². The molecule has 30 heavy (non-hydrogen) atoms. The number of hydrogen-bond acceptors (Lipinski definition) is 4. The summed E-state index contributed by atoms with van der Waals surface area (Å²) in [4.78, 5) is 16.8. The zero-order valence-corrected chi connectivity index (χ0v) is 18.5. The summed E-state index contributed by atoms with van der Waals surface area (Å²) < 4.78 is 11.6. The van der Waals surface area contributed by atoms with Gasteiger partial charge in [0.15, 0.2) is 0 Å². The van der Waals surface area contributed by atoms with Crippen LogP contribution in [0.4, 0.5) is 10.5 Å². The number of carbonyl (C=O) groups excluding carboxylic acids is 1. The Labute approximate surface area is 179 Å². The predicted octanol–water partition coefficient (Wildman–Crippen LogP) is 4.73. The Morgan fingerprint density at radius 2 is 1.77 bits per heavy atom. The van der Waals surface area contributed by atoms with Crippen LogP contribution in [0.3, 0.4) is 0 Å². The first kappa shape index (κ1) is 20.6. The molecule has 5 heteroatoms. The molecule has 0 N–H and O–H groups in total. The molecule has 160 valence electrons. The molecule has 0 bridgehead atoms. The maximum absolute atomic E-state index is 12.5. The van der Waals surface area contributed by atoms with Crippen LogP contribution < -0.4 is 9.64 Å². The SMILES string of the molecule is Cc1ccccc1CN1CCOc2cc3c(cc21)CCN(C(=O)OC(C)(C)C)CC3. The highest BCUT2D eigenvalue weighted by Crippen LogP contribution is 2.37. The van der Waals surface area contributed by atoms with Crippen molar-refractivity contribution in [2.45, 2.75) is 52.7 Å². The van der Waals surface area contributed by atoms with Crippen LogP contribution in [-0.2, 0) is 24.1 Å². The third kappa shape index (κ3) is 4.55. The van der Waals surface area contributed by atoms with E-state index in [1.54, 1.807) is 0 Å². The van der Waals surface area contributed by atoms with Gasteiger partial charge in [-0.1, -0.05) is 24.3 Å². The van der Waals surface area contributed by atoms with Crippen molar-refractivity contribution in [2.75, 3.05) is 31.1 Å². The molecule has 2 aromatic carbocycles. The lowest BCUT2D eigenvalue weighted by Gasteiger charge is -2.32. The molecule has 0 atom stereocenters. The zero-order valence-electron chi connectivity index (χ0n) is 18.5. The van der Waals surface area contributed by atoms with E-state index in [0.29, 0.717) is 19.7 Å². The Bertz CT molecular complexity index is 932. The summed E-state index contributed by atoms with van der Waals surface area (Å²) in [5.41, 5.74) is 5.93. The molecule has 2 aromatic rings. The molecule has 1 amide bonds. The molecule has 2 heterocycles. The van der Waals surface area contributed by atoms with E-state index in [9.17, 15) is 4.79 Å². The quantitative estimate of drug-likeness (QED) is 0.720. The topological polar surface area (TPSA) is 42.0 Å². The lowest BCUT2D eigenvalue weighted by atomic mass is 10.00. The zero-order chi connectivity index (χ0) is 21.3. The summed E-state index contributed by atoms with van der Waals surface area (Å²) in [6, 6.07) is 13.0. The largest absolute Gasteiger partial charge is 0.490 e. The van der Waals surface area contributed by atoms with Gasteiger partial charge in [-0.3, -0.25) is 0 Å². The van der Waals surface area contributed by atoms with Crippen molar-refractivity contribution in [3.63, 3.8) is 0 Å². The van der Waals surface area contributed by atoms with E-state index in [-0.39, 0.29) is 6.09 Å². The highest BCUT2D eigenvalue weighted by molar-refractivity contribution is 5.69. The van der Waals surface area contributed by atoms with Gasteiger partial charge >= 0.3 is 6.09 Å². The molecular formula is C25H32N2O3. The number of anilines is 1. The number of nitrogens with zero attached hydrogens (tertiary/aromatic N) is 2. The molecule has 0 saturated carbocycles. The van der Waals surface area contributed by atoms with Crippen molar-refractivity contribution in [2.24, 2.45) is 0 Å². The summed E-state index contributed by atoms with van der Waals surface area (Å²) in [5.74, 6) is 0.958. The minimum absolute atomic E-state index is 0.225. The Balaban J connectivity index is 1.54. The second-order valence-electron chi connectivity index (χ2n) is 9.25. The lowest BCUT2D eigenvalue weighted by molar-refractivity contribution is 0.0258. The molecular weight excluding hydrogens is 376 g/mol. The Morgan fingerprint density at radius 3 is 2.47 bits per heavy atom. The van der Waals surface area contributed by atoms with Crippen molar-refractivity contribution in [1.29, 1.82) is 0 Å². The minimum Gasteiger partial charge on any atom is -0.490 e. The van der Waals surface area contributed by atoms with Gasteiger partial charge < -0.3 is 19.3 Å². The van der Waals surface area contributed by atoms with Gasteiger partial charge in [0.2, 0.25) is 0 Å². The fourth-order valence-electron chi connectivity index (χ4n) is 4.16. The van der Waals surface area contributed by atoms with Crippen LogP contribution >= 0.6 is 0 Å². The number of aryl methyl sites for hydroxylation is 1. The average Bonchev–Trinajstić information content (AvgIpc) is 2.89. The van der Waals surface area contributed by atoms with Crippen LogP contribution in [0.5, 0.6) is 5.75 Å². The summed E-state index contributed by atoms with van der Waals surface area (Å²) in [6.07, 6.45) is 1.43. The number of benzene rings is 2. The highest BCUT2D eigenvalue weighted by atomic mass is 16.6. The molecule has 5 nitrogen and oxygen atoms in total. The van der Waals surface area contributed by atoms with E-state index < -0.39 is 5.60 Å². The monoisotopic (exact) mass is 408 g/mol. The number of fused-ring (bicyclic) bond motifs is 2. The molecule has 0 unspecified atom stereocenters. The van der Waals surface area contributed by atoms with E-state index in [2.05, 4.69) is 48.2 Å². The Hall–Kier alpha value is -2.69. The molecule has 2 aliphatic heterocycles. The smallest absolute Gasteiger partial charge is 0.410 e. The van der Waals surface area contributed by atoms with Crippen molar-refractivity contribution >= 4 is 11.8 Å². The first-order valence-corrected chi connectivity index (χ1v) is 10.9. The van der Waals surface area contributed by atoms with Crippen molar-refractivity contribution < 1.29 is 14.3 Å². The molecule has 0 spiro atoms. The van der Waals surface area contributed by atoms with Crippen molar-refractivity contribution in [3.05, 3.63) is 58.7 Å². The molecule has 4 rings (SSSR count). The van der Waals surface area contributed by atoms with Crippen molar-refractivity contribution in [3.8, 4) is 5.75 Å². The van der Waals surface area contributed by atoms with E-state index in [0.717, 1.165) is 37.4 Å². The van der Waals surface area contributed by atoms with Gasteiger partial charge in [-0.2, -0.15) is 0 Å². The molecule has 0 radical (unpaired) electrons. The third-order valence-electron chi connectivity index (χ3n) is 5.82. The van der Waals surface area contributed by atoms with Gasteiger partial charge in [-0.25, -0.2) is 4.79 Å². The normalized spacial score (nSPS) is 16.3. The van der Waals surface area contributed by atoms with Crippen LogP contribution in [-0.4, -0.2) is 42.8 Å². The maximum Gasteiger partial charge on any atom is 0.410 e. The Kier molecular flexibility index (Phi) is 5.63. The maximum atomic E-state index is 12.5. The summed E-state index contributed by atoms with van der Waals surface area (Å²) in [7, 11) is 0. The van der Waals surface area contributed by atoms with Crippen molar-refractivity contribution in [1.82, 2.24) is 4.90 Å².